The van der Waals surface area contributed by atoms with Gasteiger partial charge in [0.2, 0.25) is 5.91 Å². The molecule has 1 aliphatic carbocycles. The second kappa shape index (κ2) is 4.17. The lowest BCUT2D eigenvalue weighted by Gasteiger charge is -2.26. The summed E-state index contributed by atoms with van der Waals surface area (Å²) in [7, 11) is 0. The van der Waals surface area contributed by atoms with Gasteiger partial charge in [0.05, 0.1) is 0 Å². The fourth-order valence-electron chi connectivity index (χ4n) is 2.46. The summed E-state index contributed by atoms with van der Waals surface area (Å²) in [6, 6.07) is 6.65. The van der Waals surface area contributed by atoms with Crippen LogP contribution in [0.5, 0.6) is 0 Å². The molecule has 0 bridgehead atoms. The van der Waals surface area contributed by atoms with Crippen LogP contribution in [0.4, 0.5) is 0 Å². The van der Waals surface area contributed by atoms with E-state index in [1.54, 1.807) is 0 Å². The zero-order chi connectivity index (χ0) is 12.6. The number of hydrogen-bond acceptors (Lipinski definition) is 1. The highest BCUT2D eigenvalue weighted by atomic mass is 16.1. The minimum atomic E-state index is -0.157. The highest BCUT2D eigenvalue weighted by Gasteiger charge is 2.24. The summed E-state index contributed by atoms with van der Waals surface area (Å²) in [5, 5.41) is 0. The van der Waals surface area contributed by atoms with Crippen LogP contribution in [-0.2, 0) is 23.1 Å². The van der Waals surface area contributed by atoms with Crippen LogP contribution in [0.3, 0.4) is 0 Å². The number of carbonyl (C=O) groups is 1. The van der Waals surface area contributed by atoms with Crippen molar-refractivity contribution in [2.45, 2.75) is 45.4 Å². The Morgan fingerprint density at radius 1 is 1.29 bits per heavy atom. The van der Waals surface area contributed by atoms with Crippen molar-refractivity contribution in [3.05, 3.63) is 34.9 Å². The van der Waals surface area contributed by atoms with Gasteiger partial charge in [-0.3, -0.25) is 4.79 Å². The molecule has 0 aliphatic heterocycles. The van der Waals surface area contributed by atoms with E-state index >= 15 is 0 Å². The van der Waals surface area contributed by atoms with E-state index in [-0.39, 0.29) is 17.2 Å². The third-order valence-electron chi connectivity index (χ3n) is 3.70. The summed E-state index contributed by atoms with van der Waals surface area (Å²) >= 11 is 0. The van der Waals surface area contributed by atoms with Crippen molar-refractivity contribution in [1.82, 2.24) is 0 Å². The van der Waals surface area contributed by atoms with Gasteiger partial charge >= 0.3 is 0 Å². The number of fused-ring (bicyclic) bond motifs is 1. The summed E-state index contributed by atoms with van der Waals surface area (Å²) in [5.41, 5.74) is 9.64. The average Bonchev–Trinajstić information content (AvgIpc) is 2.26. The van der Waals surface area contributed by atoms with E-state index in [4.69, 9.17) is 5.73 Å². The Morgan fingerprint density at radius 3 is 2.59 bits per heavy atom. The van der Waals surface area contributed by atoms with Gasteiger partial charge in [-0.15, -0.1) is 0 Å². The van der Waals surface area contributed by atoms with Crippen LogP contribution in [0.2, 0.25) is 0 Å². The van der Waals surface area contributed by atoms with E-state index < -0.39 is 0 Å². The van der Waals surface area contributed by atoms with Crippen LogP contribution in [0.25, 0.3) is 0 Å². The molecule has 1 unspecified atom stereocenters. The molecule has 1 amide bonds. The van der Waals surface area contributed by atoms with E-state index in [0.717, 1.165) is 19.3 Å². The normalized spacial score (nSPS) is 19.8. The van der Waals surface area contributed by atoms with Crippen molar-refractivity contribution in [1.29, 1.82) is 0 Å². The molecular formula is C15H21NO. The van der Waals surface area contributed by atoms with Crippen LogP contribution < -0.4 is 5.73 Å². The standard InChI is InChI=1S/C15H21NO/c1-15(2,3)13-7-6-10-8-12(14(16)17)5-4-11(10)9-13/h6-7,9,12H,4-5,8H2,1-3H3,(H2,16,17). The van der Waals surface area contributed by atoms with Crippen LogP contribution in [0.15, 0.2) is 18.2 Å². The van der Waals surface area contributed by atoms with Crippen molar-refractivity contribution >= 4 is 5.91 Å². The number of hydrogen-bond donors (Lipinski definition) is 1. The molecule has 2 nitrogen and oxygen atoms in total. The number of amides is 1. The monoisotopic (exact) mass is 231 g/mol. The molecule has 0 heterocycles. The van der Waals surface area contributed by atoms with E-state index in [1.807, 2.05) is 0 Å². The first-order valence-electron chi connectivity index (χ1n) is 6.29. The van der Waals surface area contributed by atoms with Gasteiger partial charge in [0, 0.05) is 5.92 Å². The fourth-order valence-corrected chi connectivity index (χ4v) is 2.46. The number of primary amides is 1. The maximum atomic E-state index is 11.2. The van der Waals surface area contributed by atoms with Crippen molar-refractivity contribution in [3.8, 4) is 0 Å². The summed E-state index contributed by atoms with van der Waals surface area (Å²) in [6.07, 6.45) is 2.69. The quantitative estimate of drug-likeness (QED) is 0.793. The van der Waals surface area contributed by atoms with Gasteiger partial charge in [-0.05, 0) is 41.4 Å². The Bertz CT molecular complexity index is 443. The predicted octanol–water partition coefficient (Wildman–Crippen LogP) is 2.57. The molecule has 1 aromatic carbocycles. The molecule has 0 saturated carbocycles. The SMILES string of the molecule is CC(C)(C)c1ccc2c(c1)CCC(C(N)=O)C2. The Kier molecular flexibility index (Phi) is 2.98. The molecule has 0 radical (unpaired) electrons. The largest absolute Gasteiger partial charge is 0.369 e. The van der Waals surface area contributed by atoms with E-state index in [9.17, 15) is 4.79 Å². The van der Waals surface area contributed by atoms with Gasteiger partial charge < -0.3 is 5.73 Å². The number of carbonyl (C=O) groups excluding carboxylic acids is 1. The topological polar surface area (TPSA) is 43.1 Å². The Hall–Kier alpha value is -1.31. The summed E-state index contributed by atoms with van der Waals surface area (Å²) in [6.45, 7) is 6.68. The summed E-state index contributed by atoms with van der Waals surface area (Å²) in [5.74, 6) is -0.126. The van der Waals surface area contributed by atoms with Crippen LogP contribution in [-0.4, -0.2) is 5.91 Å². The van der Waals surface area contributed by atoms with E-state index in [2.05, 4.69) is 39.0 Å². The van der Waals surface area contributed by atoms with Gasteiger partial charge in [0.1, 0.15) is 0 Å². The molecule has 0 saturated heterocycles. The molecule has 92 valence electrons. The first kappa shape index (κ1) is 12.2. The molecular weight excluding hydrogens is 210 g/mol. The van der Waals surface area contributed by atoms with Crippen LogP contribution in [0.1, 0.15) is 43.9 Å². The molecule has 1 aromatic rings. The van der Waals surface area contributed by atoms with Gasteiger partial charge in [0.25, 0.3) is 0 Å². The number of rotatable bonds is 1. The molecule has 1 aliphatic rings. The number of benzene rings is 1. The van der Waals surface area contributed by atoms with Gasteiger partial charge in [-0.2, -0.15) is 0 Å². The van der Waals surface area contributed by atoms with Crippen LogP contribution >= 0.6 is 0 Å². The first-order chi connectivity index (χ1) is 7.88. The van der Waals surface area contributed by atoms with Crippen molar-refractivity contribution in [2.24, 2.45) is 11.7 Å². The molecule has 2 rings (SSSR count). The lowest BCUT2D eigenvalue weighted by atomic mass is 9.79. The molecule has 0 spiro atoms. The zero-order valence-electron chi connectivity index (χ0n) is 10.9. The second-order valence-electron chi connectivity index (χ2n) is 6.08. The maximum Gasteiger partial charge on any atom is 0.220 e. The summed E-state index contributed by atoms with van der Waals surface area (Å²) in [4.78, 5) is 11.2. The van der Waals surface area contributed by atoms with Crippen LogP contribution in [0, 0.1) is 5.92 Å². The smallest absolute Gasteiger partial charge is 0.220 e. The van der Waals surface area contributed by atoms with Gasteiger partial charge in [-0.25, -0.2) is 0 Å². The minimum Gasteiger partial charge on any atom is -0.369 e. The van der Waals surface area contributed by atoms with E-state index in [0.29, 0.717) is 0 Å². The predicted molar refractivity (Wildman–Crippen MR) is 69.9 cm³/mol. The zero-order valence-corrected chi connectivity index (χ0v) is 10.9. The summed E-state index contributed by atoms with van der Waals surface area (Å²) < 4.78 is 0. The van der Waals surface area contributed by atoms with E-state index in [1.165, 1.54) is 16.7 Å². The Labute approximate surface area is 103 Å². The minimum absolute atomic E-state index is 0.0305. The Balaban J connectivity index is 2.29. The lowest BCUT2D eigenvalue weighted by Crippen LogP contribution is -2.28. The molecule has 2 N–H and O–H groups in total. The number of nitrogens with two attached hydrogens (primary N) is 1. The van der Waals surface area contributed by atoms with Gasteiger partial charge in [-0.1, -0.05) is 39.0 Å². The van der Waals surface area contributed by atoms with Crippen molar-refractivity contribution in [3.63, 3.8) is 0 Å². The highest BCUT2D eigenvalue weighted by Crippen LogP contribution is 2.30. The molecule has 0 aromatic heterocycles. The Morgan fingerprint density at radius 2 is 2.00 bits per heavy atom. The highest BCUT2D eigenvalue weighted by molar-refractivity contribution is 5.77. The average molecular weight is 231 g/mol. The van der Waals surface area contributed by atoms with Gasteiger partial charge in [0.15, 0.2) is 0 Å². The molecule has 0 fully saturated rings. The first-order valence-corrected chi connectivity index (χ1v) is 6.29. The molecule has 1 atom stereocenters. The fraction of sp³-hybridized carbons (Fsp3) is 0.533. The van der Waals surface area contributed by atoms with Crippen molar-refractivity contribution in [2.75, 3.05) is 0 Å². The third-order valence-corrected chi connectivity index (χ3v) is 3.70. The lowest BCUT2D eigenvalue weighted by molar-refractivity contribution is -0.122. The second-order valence-corrected chi connectivity index (χ2v) is 6.08. The van der Waals surface area contributed by atoms with Crippen molar-refractivity contribution < 1.29 is 4.79 Å². The number of aryl methyl sites for hydroxylation is 1. The molecule has 17 heavy (non-hydrogen) atoms. The maximum absolute atomic E-state index is 11.2. The third kappa shape index (κ3) is 2.51. The molecule has 2 heteroatoms.